The number of fused-ring (bicyclic) bond motifs is 2. The first kappa shape index (κ1) is 11.4. The van der Waals surface area contributed by atoms with Gasteiger partial charge in [-0.25, -0.2) is 0 Å². The van der Waals surface area contributed by atoms with E-state index in [2.05, 4.69) is 0 Å². The Bertz CT molecular complexity index is 504. The zero-order chi connectivity index (χ0) is 13.1. The van der Waals surface area contributed by atoms with Crippen LogP contribution in [-0.2, 0) is 23.9 Å². The fraction of sp³-hybridized carbons (Fsp3) is 0.615. The summed E-state index contributed by atoms with van der Waals surface area (Å²) in [6.45, 7) is 1.69. The Kier molecular flexibility index (Phi) is 2.18. The van der Waals surface area contributed by atoms with E-state index in [0.29, 0.717) is 24.8 Å². The predicted octanol–water partition coefficient (Wildman–Crippen LogP) is 0.770. The molecule has 1 saturated heterocycles. The van der Waals surface area contributed by atoms with Crippen molar-refractivity contribution in [1.29, 1.82) is 0 Å². The van der Waals surface area contributed by atoms with E-state index in [9.17, 15) is 14.4 Å². The molecule has 0 aromatic rings. The quantitative estimate of drug-likeness (QED) is 0.643. The maximum Gasteiger partial charge on any atom is 0.317 e. The molecule has 0 radical (unpaired) electrons. The van der Waals surface area contributed by atoms with Crippen LogP contribution in [0.4, 0.5) is 0 Å². The summed E-state index contributed by atoms with van der Waals surface area (Å²) in [5, 5.41) is 0. The van der Waals surface area contributed by atoms with E-state index in [4.69, 9.17) is 9.47 Å². The monoisotopic (exact) mass is 250 g/mol. The molecular formula is C13H14O5. The minimum atomic E-state index is -1.01. The van der Waals surface area contributed by atoms with Gasteiger partial charge in [0.05, 0.1) is 13.0 Å². The molecule has 4 aliphatic rings. The highest BCUT2D eigenvalue weighted by atomic mass is 16.6. The Labute approximate surface area is 104 Å². The average Bonchev–Trinajstić information content (AvgIpc) is 2.74. The zero-order valence-electron chi connectivity index (χ0n) is 10.3. The molecule has 5 heteroatoms. The van der Waals surface area contributed by atoms with Crippen LogP contribution in [0.1, 0.15) is 26.2 Å². The van der Waals surface area contributed by atoms with Crippen LogP contribution in [0.5, 0.6) is 0 Å². The fourth-order valence-electron chi connectivity index (χ4n) is 3.47. The fourth-order valence-corrected chi connectivity index (χ4v) is 3.47. The van der Waals surface area contributed by atoms with Crippen LogP contribution in [0.25, 0.3) is 0 Å². The van der Waals surface area contributed by atoms with Gasteiger partial charge in [0.25, 0.3) is 0 Å². The third-order valence-corrected chi connectivity index (χ3v) is 4.48. The van der Waals surface area contributed by atoms with Gasteiger partial charge in [0, 0.05) is 18.4 Å². The minimum Gasteiger partial charge on any atom is -0.469 e. The Morgan fingerprint density at radius 3 is 2.78 bits per heavy atom. The molecule has 2 bridgehead atoms. The molecule has 0 aromatic heterocycles. The van der Waals surface area contributed by atoms with Crippen LogP contribution in [-0.4, -0.2) is 30.9 Å². The highest BCUT2D eigenvalue weighted by Gasteiger charge is 2.62. The number of hydrogen-bond acceptors (Lipinski definition) is 5. The van der Waals surface area contributed by atoms with E-state index < -0.39 is 29.4 Å². The molecule has 2 heterocycles. The van der Waals surface area contributed by atoms with Crippen LogP contribution in [0.15, 0.2) is 11.1 Å². The van der Waals surface area contributed by atoms with Crippen LogP contribution in [0.3, 0.4) is 0 Å². The molecule has 2 aliphatic heterocycles. The summed E-state index contributed by atoms with van der Waals surface area (Å²) in [4.78, 5) is 35.8. The molecule has 2 unspecified atom stereocenters. The lowest BCUT2D eigenvalue weighted by atomic mass is 9.61. The average molecular weight is 250 g/mol. The van der Waals surface area contributed by atoms with Crippen molar-refractivity contribution in [3.8, 4) is 0 Å². The van der Waals surface area contributed by atoms with Gasteiger partial charge < -0.3 is 9.47 Å². The Hall–Kier alpha value is -1.65. The number of methoxy groups -OCH3 is 1. The Morgan fingerprint density at radius 1 is 1.39 bits per heavy atom. The number of rotatable bonds is 1. The molecule has 1 fully saturated rings. The van der Waals surface area contributed by atoms with Gasteiger partial charge in [-0.3, -0.25) is 14.4 Å². The van der Waals surface area contributed by atoms with Gasteiger partial charge >= 0.3 is 11.9 Å². The van der Waals surface area contributed by atoms with Crippen molar-refractivity contribution >= 4 is 17.7 Å². The minimum absolute atomic E-state index is 0.0528. The zero-order valence-corrected chi connectivity index (χ0v) is 10.3. The molecule has 0 spiro atoms. The number of ketones is 1. The number of Topliss-reactive ketones (excluding diaryl/α,β-unsaturated/α-hetero) is 1. The third-order valence-electron chi connectivity index (χ3n) is 4.48. The molecule has 96 valence electrons. The molecular weight excluding hydrogens is 236 g/mol. The highest BCUT2D eigenvalue weighted by Crippen LogP contribution is 2.55. The van der Waals surface area contributed by atoms with Gasteiger partial charge in [0.2, 0.25) is 0 Å². The van der Waals surface area contributed by atoms with Gasteiger partial charge in [-0.05, 0) is 18.9 Å². The predicted molar refractivity (Wildman–Crippen MR) is 59.4 cm³/mol. The number of ether oxygens (including phenoxy) is 2. The van der Waals surface area contributed by atoms with Crippen molar-refractivity contribution in [3.05, 3.63) is 11.1 Å². The van der Waals surface area contributed by atoms with Crippen molar-refractivity contribution in [1.82, 2.24) is 0 Å². The molecule has 0 N–H and O–H groups in total. The maximum absolute atomic E-state index is 12.1. The Morgan fingerprint density at radius 2 is 2.11 bits per heavy atom. The van der Waals surface area contributed by atoms with E-state index in [-0.39, 0.29) is 5.78 Å². The van der Waals surface area contributed by atoms with Crippen LogP contribution < -0.4 is 0 Å². The van der Waals surface area contributed by atoms with Gasteiger partial charge in [-0.15, -0.1) is 0 Å². The van der Waals surface area contributed by atoms with E-state index >= 15 is 0 Å². The molecule has 0 amide bonds. The van der Waals surface area contributed by atoms with E-state index in [1.165, 1.54) is 7.11 Å². The SMILES string of the molecule is COC(=O)[C@@H]1CC2OC(=O)C1(C)C1=C2C(=O)CC1. The van der Waals surface area contributed by atoms with Crippen molar-refractivity contribution in [2.75, 3.05) is 7.11 Å². The summed E-state index contributed by atoms with van der Waals surface area (Å²) < 4.78 is 10.0. The van der Waals surface area contributed by atoms with Gasteiger partial charge in [-0.2, -0.15) is 0 Å². The van der Waals surface area contributed by atoms with E-state index in [0.717, 1.165) is 5.57 Å². The van der Waals surface area contributed by atoms with Gasteiger partial charge in [0.15, 0.2) is 5.78 Å². The lowest BCUT2D eigenvalue weighted by Gasteiger charge is -2.47. The second kappa shape index (κ2) is 3.43. The molecule has 0 saturated carbocycles. The Balaban J connectivity index is 2.14. The summed E-state index contributed by atoms with van der Waals surface area (Å²) in [6, 6.07) is 0. The van der Waals surface area contributed by atoms with Crippen LogP contribution in [0.2, 0.25) is 0 Å². The van der Waals surface area contributed by atoms with Crippen LogP contribution in [0, 0.1) is 11.3 Å². The smallest absolute Gasteiger partial charge is 0.317 e. The maximum atomic E-state index is 12.1. The van der Waals surface area contributed by atoms with Crippen molar-refractivity contribution in [2.45, 2.75) is 32.3 Å². The number of esters is 2. The van der Waals surface area contributed by atoms with Crippen LogP contribution >= 0.6 is 0 Å². The third kappa shape index (κ3) is 1.14. The standard InChI is InChI=1S/C13H14O5/c1-13-6-3-4-8(14)10(6)9(18-12(13)16)5-7(13)11(15)17-2/h7,9H,3-5H2,1-2H3/t7-,9?,13?/m0/s1. The first-order valence-electron chi connectivity index (χ1n) is 6.05. The molecule has 3 atom stereocenters. The van der Waals surface area contributed by atoms with Gasteiger partial charge in [0.1, 0.15) is 11.5 Å². The summed E-state index contributed by atoms with van der Waals surface area (Å²) in [5.41, 5.74) is 0.427. The highest BCUT2D eigenvalue weighted by molar-refractivity contribution is 6.05. The molecule has 18 heavy (non-hydrogen) atoms. The summed E-state index contributed by atoms with van der Waals surface area (Å²) in [7, 11) is 1.31. The normalized spacial score (nSPS) is 37.7. The van der Waals surface area contributed by atoms with Crippen molar-refractivity contribution in [3.63, 3.8) is 0 Å². The summed E-state index contributed by atoms with van der Waals surface area (Å²) >= 11 is 0. The second-order valence-corrected chi connectivity index (χ2v) is 5.22. The molecule has 4 rings (SSSR count). The van der Waals surface area contributed by atoms with Gasteiger partial charge in [-0.1, -0.05) is 0 Å². The summed E-state index contributed by atoms with van der Waals surface area (Å²) in [5.74, 6) is -1.27. The summed E-state index contributed by atoms with van der Waals surface area (Å²) in [6.07, 6.45) is 0.790. The van der Waals surface area contributed by atoms with Crippen molar-refractivity contribution < 1.29 is 23.9 Å². The largest absolute Gasteiger partial charge is 0.469 e. The van der Waals surface area contributed by atoms with E-state index in [1.54, 1.807) is 6.92 Å². The molecule has 2 aliphatic carbocycles. The second-order valence-electron chi connectivity index (χ2n) is 5.22. The first-order chi connectivity index (χ1) is 8.50. The topological polar surface area (TPSA) is 69.7 Å². The lowest BCUT2D eigenvalue weighted by Crippen LogP contribution is -2.55. The number of hydrogen-bond donors (Lipinski definition) is 0. The first-order valence-corrected chi connectivity index (χ1v) is 6.05. The number of carbonyl (C=O) groups is 3. The molecule has 0 aromatic carbocycles. The lowest BCUT2D eigenvalue weighted by molar-refractivity contribution is -0.182. The van der Waals surface area contributed by atoms with Crippen molar-refractivity contribution in [2.24, 2.45) is 11.3 Å². The molecule has 5 nitrogen and oxygen atoms in total. The van der Waals surface area contributed by atoms with E-state index in [1.807, 2.05) is 0 Å². The number of carbonyl (C=O) groups excluding carboxylic acids is 3.